The molecule has 1 amide bonds. The molecule has 1 heterocycles. The molecule has 1 aliphatic heterocycles. The molecule has 1 N–H and O–H groups in total. The molecule has 2 atom stereocenters. The molecule has 0 aromatic heterocycles. The van der Waals surface area contributed by atoms with Gasteiger partial charge in [-0.3, -0.25) is 9.69 Å². The van der Waals surface area contributed by atoms with Crippen molar-refractivity contribution in [2.24, 2.45) is 0 Å². The fourth-order valence-corrected chi connectivity index (χ4v) is 5.66. The van der Waals surface area contributed by atoms with Crippen molar-refractivity contribution in [3.05, 3.63) is 65.2 Å². The molecule has 3 rings (SSSR count). The second kappa shape index (κ2) is 11.2. The molecule has 0 spiro atoms. The minimum atomic E-state index is -3.70. The van der Waals surface area contributed by atoms with Gasteiger partial charge in [-0.25, -0.2) is 8.42 Å². The molecule has 8 heteroatoms. The Morgan fingerprint density at radius 2 is 1.64 bits per heavy atom. The maximum atomic E-state index is 13.1. The highest BCUT2D eigenvalue weighted by Crippen LogP contribution is 2.22. The normalized spacial score (nSPS) is 19.5. The van der Waals surface area contributed by atoms with Crippen LogP contribution in [-0.2, 0) is 27.8 Å². The van der Waals surface area contributed by atoms with Crippen molar-refractivity contribution >= 4 is 15.9 Å². The summed E-state index contributed by atoms with van der Waals surface area (Å²) in [5, 5.41) is 2.89. The Kier molecular flexibility index (Phi) is 8.64. The van der Waals surface area contributed by atoms with Crippen molar-refractivity contribution in [3.63, 3.8) is 0 Å². The number of morpholine rings is 1. The highest BCUT2D eigenvalue weighted by molar-refractivity contribution is 7.89. The van der Waals surface area contributed by atoms with Gasteiger partial charge in [-0.1, -0.05) is 44.2 Å². The van der Waals surface area contributed by atoms with E-state index in [0.717, 1.165) is 25.2 Å². The zero-order chi connectivity index (χ0) is 24.0. The van der Waals surface area contributed by atoms with Gasteiger partial charge in [0.05, 0.1) is 17.1 Å². The van der Waals surface area contributed by atoms with Crippen molar-refractivity contribution in [1.29, 1.82) is 0 Å². The Morgan fingerprint density at radius 1 is 1.03 bits per heavy atom. The topological polar surface area (TPSA) is 79.0 Å². The van der Waals surface area contributed by atoms with E-state index < -0.39 is 10.0 Å². The molecule has 180 valence electrons. The summed E-state index contributed by atoms with van der Waals surface area (Å²) in [7, 11) is -3.70. The van der Waals surface area contributed by atoms with E-state index in [1.165, 1.54) is 22.0 Å². The molecule has 2 aromatic carbocycles. The number of nitrogens with one attached hydrogen (secondary N) is 1. The average Bonchev–Trinajstić information content (AvgIpc) is 2.81. The molecular formula is C25H35N3O4S. The number of carbonyl (C=O) groups excluding carboxylic acids is 1. The lowest BCUT2D eigenvalue weighted by Crippen LogP contribution is -2.48. The highest BCUT2D eigenvalue weighted by Gasteiger charge is 2.32. The number of benzene rings is 2. The van der Waals surface area contributed by atoms with Crippen LogP contribution in [0.25, 0.3) is 0 Å². The Balaban J connectivity index is 1.64. The monoisotopic (exact) mass is 473 g/mol. The predicted molar refractivity (Wildman–Crippen MR) is 129 cm³/mol. The summed E-state index contributed by atoms with van der Waals surface area (Å²) >= 11 is 0. The Labute approximate surface area is 197 Å². The molecule has 0 radical (unpaired) electrons. The summed E-state index contributed by atoms with van der Waals surface area (Å²) in [6.07, 6.45) is -0.346. The molecule has 0 unspecified atom stereocenters. The number of hydrogen-bond donors (Lipinski definition) is 1. The van der Waals surface area contributed by atoms with E-state index in [0.29, 0.717) is 25.2 Å². The van der Waals surface area contributed by atoms with Crippen LogP contribution in [0, 0.1) is 0 Å². The van der Waals surface area contributed by atoms with Gasteiger partial charge in [-0.05, 0) is 56.3 Å². The summed E-state index contributed by atoms with van der Waals surface area (Å²) in [5.74, 6) is -0.303. The first-order valence-electron chi connectivity index (χ1n) is 11.6. The van der Waals surface area contributed by atoms with Crippen LogP contribution in [0.2, 0.25) is 0 Å². The first kappa shape index (κ1) is 25.4. The molecule has 0 bridgehead atoms. The maximum absolute atomic E-state index is 13.1. The molecule has 0 saturated carbocycles. The van der Waals surface area contributed by atoms with E-state index in [-0.39, 0.29) is 23.0 Å². The van der Waals surface area contributed by atoms with Crippen LogP contribution < -0.4 is 5.32 Å². The van der Waals surface area contributed by atoms with E-state index in [2.05, 4.69) is 36.2 Å². The van der Waals surface area contributed by atoms with Gasteiger partial charge < -0.3 is 10.1 Å². The van der Waals surface area contributed by atoms with E-state index >= 15 is 0 Å². The van der Waals surface area contributed by atoms with E-state index in [9.17, 15) is 13.2 Å². The summed E-state index contributed by atoms with van der Waals surface area (Å²) in [6.45, 7) is 11.9. The van der Waals surface area contributed by atoms with Gasteiger partial charge in [0, 0.05) is 31.7 Å². The zero-order valence-electron chi connectivity index (χ0n) is 20.0. The average molecular weight is 474 g/mol. The smallest absolute Gasteiger partial charge is 0.251 e. The minimum absolute atomic E-state index is 0.122. The van der Waals surface area contributed by atoms with Gasteiger partial charge >= 0.3 is 0 Å². The first-order valence-corrected chi connectivity index (χ1v) is 13.0. The zero-order valence-corrected chi connectivity index (χ0v) is 20.8. The number of hydrogen-bond acceptors (Lipinski definition) is 5. The summed E-state index contributed by atoms with van der Waals surface area (Å²) in [4.78, 5) is 15.2. The molecule has 33 heavy (non-hydrogen) atoms. The molecule has 2 aromatic rings. The lowest BCUT2D eigenvalue weighted by atomic mass is 10.1. The van der Waals surface area contributed by atoms with Crippen LogP contribution in [0.15, 0.2) is 53.4 Å². The second-order valence-corrected chi connectivity index (χ2v) is 10.5. The summed E-state index contributed by atoms with van der Waals surface area (Å²) in [5.41, 5.74) is 2.55. The summed E-state index contributed by atoms with van der Waals surface area (Å²) in [6, 6.07) is 14.4. The van der Waals surface area contributed by atoms with Gasteiger partial charge in [0.2, 0.25) is 10.0 Å². The van der Waals surface area contributed by atoms with Crippen molar-refractivity contribution in [2.75, 3.05) is 26.2 Å². The minimum Gasteiger partial charge on any atom is -0.373 e. The third-order valence-electron chi connectivity index (χ3n) is 5.90. The quantitative estimate of drug-likeness (QED) is 0.605. The predicted octanol–water partition coefficient (Wildman–Crippen LogP) is 3.26. The third kappa shape index (κ3) is 6.63. The largest absolute Gasteiger partial charge is 0.373 e. The number of rotatable bonds is 9. The Morgan fingerprint density at radius 3 is 2.24 bits per heavy atom. The fraction of sp³-hybridized carbons (Fsp3) is 0.480. The standard InChI is InChI=1S/C25H35N3O4S/c1-5-27(6-2)18-22-12-10-21(11-13-22)15-26-25(29)23-8-7-9-24(14-23)33(30,31)28-16-19(3)32-20(4)17-28/h7-14,19-20H,5-6,15-18H2,1-4H3,(H,26,29)/t19-,20+. The third-order valence-corrected chi connectivity index (χ3v) is 7.72. The van der Waals surface area contributed by atoms with E-state index in [4.69, 9.17) is 4.74 Å². The Hall–Kier alpha value is -2.26. The van der Waals surface area contributed by atoms with E-state index in [1.54, 1.807) is 12.1 Å². The Bertz CT molecular complexity index is 1030. The summed E-state index contributed by atoms with van der Waals surface area (Å²) < 4.78 is 33.3. The number of nitrogens with zero attached hydrogens (tertiary/aromatic N) is 2. The lowest BCUT2D eigenvalue weighted by Gasteiger charge is -2.34. The van der Waals surface area contributed by atoms with E-state index in [1.807, 2.05) is 26.0 Å². The number of amides is 1. The van der Waals surface area contributed by atoms with Crippen LogP contribution in [0.4, 0.5) is 0 Å². The molecule has 7 nitrogen and oxygen atoms in total. The molecule has 1 saturated heterocycles. The SMILES string of the molecule is CCN(CC)Cc1ccc(CNC(=O)c2cccc(S(=O)(=O)N3C[C@@H](C)O[C@@H](C)C3)c2)cc1. The molecular weight excluding hydrogens is 438 g/mol. The molecule has 1 aliphatic rings. The van der Waals surface area contributed by atoms with Gasteiger partial charge in [0.25, 0.3) is 5.91 Å². The van der Waals surface area contributed by atoms with Gasteiger partial charge in [-0.2, -0.15) is 4.31 Å². The van der Waals surface area contributed by atoms with Crippen LogP contribution in [0.5, 0.6) is 0 Å². The second-order valence-electron chi connectivity index (χ2n) is 8.57. The van der Waals surface area contributed by atoms with Crippen molar-refractivity contribution < 1.29 is 17.9 Å². The van der Waals surface area contributed by atoms with Crippen molar-refractivity contribution in [3.8, 4) is 0 Å². The van der Waals surface area contributed by atoms with Crippen molar-refractivity contribution in [2.45, 2.75) is 57.9 Å². The molecule has 1 fully saturated rings. The number of carbonyl (C=O) groups is 1. The van der Waals surface area contributed by atoms with Crippen LogP contribution >= 0.6 is 0 Å². The molecule has 0 aliphatic carbocycles. The van der Waals surface area contributed by atoms with Crippen molar-refractivity contribution in [1.82, 2.24) is 14.5 Å². The number of ether oxygens (including phenoxy) is 1. The number of sulfonamides is 1. The van der Waals surface area contributed by atoms with Gasteiger partial charge in [-0.15, -0.1) is 0 Å². The van der Waals surface area contributed by atoms with Crippen LogP contribution in [0.3, 0.4) is 0 Å². The first-order chi connectivity index (χ1) is 15.7. The van der Waals surface area contributed by atoms with Crippen LogP contribution in [-0.4, -0.2) is 61.9 Å². The van der Waals surface area contributed by atoms with Gasteiger partial charge in [0.1, 0.15) is 0 Å². The van der Waals surface area contributed by atoms with Crippen LogP contribution in [0.1, 0.15) is 49.2 Å². The van der Waals surface area contributed by atoms with Gasteiger partial charge in [0.15, 0.2) is 0 Å². The highest BCUT2D eigenvalue weighted by atomic mass is 32.2. The fourth-order valence-electron chi connectivity index (χ4n) is 4.03. The lowest BCUT2D eigenvalue weighted by molar-refractivity contribution is -0.0440. The maximum Gasteiger partial charge on any atom is 0.251 e.